The third-order valence-electron chi connectivity index (χ3n) is 7.73. The molecule has 0 aliphatic carbocycles. The minimum Gasteiger partial charge on any atom is -0.329 e. The Morgan fingerprint density at radius 1 is 0.795 bits per heavy atom. The fraction of sp³-hybridized carbons (Fsp3) is 0.0909. The molecule has 3 aromatic heterocycles. The van der Waals surface area contributed by atoms with Crippen molar-refractivity contribution in [2.45, 2.75) is 6.92 Å². The summed E-state index contributed by atoms with van der Waals surface area (Å²) in [5.74, 6) is 1.96. The van der Waals surface area contributed by atoms with Gasteiger partial charge < -0.3 is 9.80 Å². The predicted octanol–water partition coefficient (Wildman–Crippen LogP) is 6.81. The van der Waals surface area contributed by atoms with Crippen LogP contribution in [0.1, 0.15) is 5.56 Å². The number of nitrogens with one attached hydrogen (secondary N) is 1. The summed E-state index contributed by atoms with van der Waals surface area (Å²) < 4.78 is 3.57. The molecule has 216 valence electrons. The van der Waals surface area contributed by atoms with E-state index in [0.29, 0.717) is 16.6 Å². The highest BCUT2D eigenvalue weighted by atomic mass is 35.5. The van der Waals surface area contributed by atoms with Gasteiger partial charge in [-0.2, -0.15) is 9.97 Å². The van der Waals surface area contributed by atoms with Gasteiger partial charge in [-0.3, -0.25) is 14.4 Å². The molecule has 1 N–H and O–H groups in total. The Labute approximate surface area is 257 Å². The highest BCUT2D eigenvalue weighted by Crippen LogP contribution is 2.33. The zero-order valence-electron chi connectivity index (χ0n) is 24.2. The number of rotatable bonds is 6. The number of para-hydroxylation sites is 2. The summed E-state index contributed by atoms with van der Waals surface area (Å²) in [5, 5.41) is 19.6. The fourth-order valence-electron chi connectivity index (χ4n) is 5.31. The summed E-state index contributed by atoms with van der Waals surface area (Å²) in [6, 6.07) is 29.6. The van der Waals surface area contributed by atoms with Crippen LogP contribution < -0.4 is 15.4 Å². The summed E-state index contributed by atoms with van der Waals surface area (Å²) >= 11 is 6.10. The highest BCUT2D eigenvalue weighted by Gasteiger charge is 2.16. The van der Waals surface area contributed by atoms with Gasteiger partial charge in [-0.25, -0.2) is 4.99 Å². The van der Waals surface area contributed by atoms with Gasteiger partial charge >= 0.3 is 0 Å². The minimum atomic E-state index is 0.0615. The van der Waals surface area contributed by atoms with Crippen LogP contribution in [0, 0.1) is 12.3 Å². The number of benzene rings is 4. The molecule has 0 radical (unpaired) electrons. The third kappa shape index (κ3) is 4.71. The van der Waals surface area contributed by atoms with Crippen molar-refractivity contribution in [3.8, 4) is 0 Å². The van der Waals surface area contributed by atoms with Crippen molar-refractivity contribution in [1.82, 2.24) is 29.1 Å². The Bertz CT molecular complexity index is 2270. The molecule has 0 aliphatic heterocycles. The molecular formula is C33H27ClN10. The van der Waals surface area contributed by atoms with Gasteiger partial charge in [0, 0.05) is 41.3 Å². The maximum atomic E-state index is 8.84. The minimum absolute atomic E-state index is 0.0615. The second kappa shape index (κ2) is 10.9. The molecule has 0 fully saturated rings. The molecule has 0 saturated carbocycles. The molecule has 7 aromatic rings. The van der Waals surface area contributed by atoms with Crippen LogP contribution in [0.25, 0.3) is 27.6 Å². The van der Waals surface area contributed by atoms with Gasteiger partial charge in [0.25, 0.3) is 5.78 Å². The van der Waals surface area contributed by atoms with Gasteiger partial charge in [0.05, 0.1) is 16.7 Å². The average molecular weight is 599 g/mol. The maximum absolute atomic E-state index is 8.84. The standard InChI is InChI=1S/C33H27ClN10/c1-21-12-15-24(42(3)31-26-9-5-7-11-29(26)44-20-37-40-33(44)39-31)18-27(21)36-19-43-28-10-6-4-8-25(28)30(38-32(43)35)41(2)23-16-13-22(34)14-17-23/h4-20,35H,1-3H3. The van der Waals surface area contributed by atoms with E-state index in [1.165, 1.54) is 0 Å². The van der Waals surface area contributed by atoms with E-state index in [1.807, 2.05) is 126 Å². The smallest absolute Gasteiger partial charge is 0.257 e. The van der Waals surface area contributed by atoms with Gasteiger partial charge in [-0.15, -0.1) is 10.2 Å². The van der Waals surface area contributed by atoms with Crippen LogP contribution in [-0.4, -0.2) is 49.6 Å². The van der Waals surface area contributed by atoms with E-state index in [2.05, 4.69) is 15.2 Å². The Hall–Kier alpha value is -5.61. The second-order valence-corrected chi connectivity index (χ2v) is 10.8. The number of aryl methyl sites for hydroxylation is 1. The molecule has 7 rings (SSSR count). The molecule has 0 unspecified atom stereocenters. The Kier molecular flexibility index (Phi) is 6.75. The SMILES string of the molecule is Cc1ccc(N(C)c2nc3nncn3c3ccccc23)cc1N=Cn1c(=N)nc(N(C)c2ccc(Cl)cc2)c2ccccc21. The van der Waals surface area contributed by atoms with Gasteiger partial charge in [0.2, 0.25) is 5.62 Å². The van der Waals surface area contributed by atoms with Crippen LogP contribution in [0.5, 0.6) is 0 Å². The lowest BCUT2D eigenvalue weighted by Crippen LogP contribution is -2.26. The molecule has 3 heterocycles. The van der Waals surface area contributed by atoms with Gasteiger partial charge in [-0.05, 0) is 73.2 Å². The normalized spacial score (nSPS) is 11.6. The van der Waals surface area contributed by atoms with Gasteiger partial charge in [0.1, 0.15) is 24.3 Å². The molecule has 11 heteroatoms. The number of halogens is 1. The zero-order valence-corrected chi connectivity index (χ0v) is 25.0. The van der Waals surface area contributed by atoms with E-state index in [9.17, 15) is 0 Å². The number of aromatic nitrogens is 6. The topological polar surface area (TPSA) is 104 Å². The number of aliphatic imine (C=N–C) groups is 1. The first-order valence-electron chi connectivity index (χ1n) is 13.9. The van der Waals surface area contributed by atoms with Crippen molar-refractivity contribution in [2.24, 2.45) is 4.99 Å². The Morgan fingerprint density at radius 3 is 2.20 bits per heavy atom. The number of hydrogen-bond donors (Lipinski definition) is 1. The van der Waals surface area contributed by atoms with E-state index in [-0.39, 0.29) is 5.62 Å². The molecule has 0 atom stereocenters. The summed E-state index contributed by atoms with van der Waals surface area (Å²) in [7, 11) is 3.91. The van der Waals surface area contributed by atoms with Crippen LogP contribution in [-0.2, 0) is 0 Å². The van der Waals surface area contributed by atoms with Crippen LogP contribution in [0.3, 0.4) is 0 Å². The molecule has 44 heavy (non-hydrogen) atoms. The first-order valence-corrected chi connectivity index (χ1v) is 14.3. The van der Waals surface area contributed by atoms with Crippen molar-refractivity contribution >= 4 is 74.2 Å². The maximum Gasteiger partial charge on any atom is 0.257 e. The third-order valence-corrected chi connectivity index (χ3v) is 7.98. The fourth-order valence-corrected chi connectivity index (χ4v) is 5.43. The Balaban J connectivity index is 1.27. The monoisotopic (exact) mass is 598 g/mol. The van der Waals surface area contributed by atoms with Crippen LogP contribution in [0.4, 0.5) is 28.7 Å². The van der Waals surface area contributed by atoms with Crippen molar-refractivity contribution in [3.63, 3.8) is 0 Å². The number of nitrogens with zero attached hydrogens (tertiary/aromatic N) is 9. The summed E-state index contributed by atoms with van der Waals surface area (Å²) in [6.45, 7) is 2.01. The number of hydrogen-bond acceptors (Lipinski definition) is 8. The van der Waals surface area contributed by atoms with E-state index in [0.717, 1.165) is 50.2 Å². The highest BCUT2D eigenvalue weighted by molar-refractivity contribution is 6.30. The predicted molar refractivity (Wildman–Crippen MR) is 176 cm³/mol. The lowest BCUT2D eigenvalue weighted by molar-refractivity contribution is 0.918. The van der Waals surface area contributed by atoms with Gasteiger partial charge in [-0.1, -0.05) is 41.9 Å². The summed E-state index contributed by atoms with van der Waals surface area (Å²) in [4.78, 5) is 18.3. The molecule has 0 spiro atoms. The molecule has 0 aliphatic rings. The molecule has 0 bridgehead atoms. The molecule has 0 amide bonds. The van der Waals surface area contributed by atoms with Crippen LogP contribution in [0.15, 0.2) is 102 Å². The van der Waals surface area contributed by atoms with Crippen molar-refractivity contribution in [2.75, 3.05) is 23.9 Å². The lowest BCUT2D eigenvalue weighted by Gasteiger charge is -2.21. The second-order valence-electron chi connectivity index (χ2n) is 10.4. The van der Waals surface area contributed by atoms with E-state index in [1.54, 1.807) is 17.2 Å². The largest absolute Gasteiger partial charge is 0.329 e. The van der Waals surface area contributed by atoms with Crippen molar-refractivity contribution in [3.05, 3.63) is 114 Å². The van der Waals surface area contributed by atoms with Crippen molar-refractivity contribution in [1.29, 1.82) is 5.41 Å². The number of anilines is 4. The molecule has 4 aromatic carbocycles. The zero-order chi connectivity index (χ0) is 30.4. The molecular weight excluding hydrogens is 572 g/mol. The van der Waals surface area contributed by atoms with E-state index in [4.69, 9.17) is 27.0 Å². The first-order chi connectivity index (χ1) is 21.4. The van der Waals surface area contributed by atoms with E-state index >= 15 is 0 Å². The average Bonchev–Trinajstić information content (AvgIpc) is 3.53. The van der Waals surface area contributed by atoms with Crippen LogP contribution in [0.2, 0.25) is 5.02 Å². The van der Waals surface area contributed by atoms with Crippen molar-refractivity contribution < 1.29 is 0 Å². The quantitative estimate of drug-likeness (QED) is 0.167. The van der Waals surface area contributed by atoms with E-state index < -0.39 is 0 Å². The van der Waals surface area contributed by atoms with Gasteiger partial charge in [0.15, 0.2) is 0 Å². The number of fused-ring (bicyclic) bond motifs is 4. The summed E-state index contributed by atoms with van der Waals surface area (Å²) in [6.07, 6.45) is 3.33. The summed E-state index contributed by atoms with van der Waals surface area (Å²) in [5.41, 5.74) is 5.43. The molecule has 10 nitrogen and oxygen atoms in total. The van der Waals surface area contributed by atoms with Crippen LogP contribution >= 0.6 is 11.6 Å². The molecule has 0 saturated heterocycles. The lowest BCUT2D eigenvalue weighted by atomic mass is 10.1. The Morgan fingerprint density at radius 2 is 1.43 bits per heavy atom. The first kappa shape index (κ1) is 27.2.